The van der Waals surface area contributed by atoms with Gasteiger partial charge in [-0.05, 0) is 94.5 Å². The Morgan fingerprint density at radius 3 is 2.19 bits per heavy atom. The number of hydrogen-bond acceptors (Lipinski definition) is 4. The maximum atomic E-state index is 13.6. The van der Waals surface area contributed by atoms with E-state index >= 15 is 0 Å². The fourth-order valence-electron chi connectivity index (χ4n) is 3.84. The molecule has 0 saturated carbocycles. The lowest BCUT2D eigenvalue weighted by Gasteiger charge is -2.26. The summed E-state index contributed by atoms with van der Waals surface area (Å²) in [5.74, 6) is 0.496. The van der Waals surface area contributed by atoms with Crippen molar-refractivity contribution >= 4 is 21.6 Å². The van der Waals surface area contributed by atoms with Crippen molar-refractivity contribution < 1.29 is 17.9 Å². The molecule has 1 N–H and O–H groups in total. The third-order valence-electron chi connectivity index (χ3n) is 5.79. The molecule has 0 aliphatic heterocycles. The van der Waals surface area contributed by atoms with Crippen molar-refractivity contribution in [2.24, 2.45) is 0 Å². The number of nitrogens with zero attached hydrogens (tertiary/aromatic N) is 1. The number of amides is 1. The molecule has 0 heterocycles. The number of sulfonamides is 1. The lowest BCUT2D eigenvalue weighted by molar-refractivity contribution is -0.119. The van der Waals surface area contributed by atoms with Gasteiger partial charge in [0.05, 0.1) is 16.7 Å². The molecule has 0 bridgehead atoms. The van der Waals surface area contributed by atoms with E-state index in [0.29, 0.717) is 12.2 Å². The maximum Gasteiger partial charge on any atom is 0.264 e. The zero-order valence-corrected chi connectivity index (χ0v) is 22.6. The first-order chi connectivity index (χ1) is 17.1. The van der Waals surface area contributed by atoms with Gasteiger partial charge in [-0.2, -0.15) is 0 Å². The summed E-state index contributed by atoms with van der Waals surface area (Å²) in [6.07, 6.45) is 1.67. The van der Waals surface area contributed by atoms with E-state index in [1.807, 2.05) is 71.0 Å². The molecule has 0 aliphatic carbocycles. The predicted octanol–water partition coefficient (Wildman–Crippen LogP) is 5.34. The van der Waals surface area contributed by atoms with Crippen LogP contribution in [0.25, 0.3) is 0 Å². The first-order valence-electron chi connectivity index (χ1n) is 12.2. The lowest BCUT2D eigenvalue weighted by Crippen LogP contribution is -2.41. The summed E-state index contributed by atoms with van der Waals surface area (Å²) >= 11 is 0. The third-order valence-corrected chi connectivity index (χ3v) is 7.56. The van der Waals surface area contributed by atoms with E-state index in [4.69, 9.17) is 4.74 Å². The highest BCUT2D eigenvalue weighted by molar-refractivity contribution is 7.92. The Morgan fingerprint density at radius 2 is 1.56 bits per heavy atom. The summed E-state index contributed by atoms with van der Waals surface area (Å²) in [6.45, 7) is 9.80. The monoisotopic (exact) mass is 508 g/mol. The highest BCUT2D eigenvalue weighted by atomic mass is 32.2. The lowest BCUT2D eigenvalue weighted by atomic mass is 10.1. The average Bonchev–Trinajstić information content (AvgIpc) is 2.83. The van der Waals surface area contributed by atoms with Crippen LogP contribution < -0.4 is 14.4 Å². The third kappa shape index (κ3) is 7.34. The van der Waals surface area contributed by atoms with E-state index in [0.717, 1.165) is 40.8 Å². The summed E-state index contributed by atoms with van der Waals surface area (Å²) in [7, 11) is -3.93. The van der Waals surface area contributed by atoms with E-state index in [2.05, 4.69) is 5.32 Å². The number of ether oxygens (including phenoxy) is 1. The van der Waals surface area contributed by atoms with Gasteiger partial charge in [-0.25, -0.2) is 8.42 Å². The molecule has 192 valence electrons. The molecule has 0 aromatic heterocycles. The van der Waals surface area contributed by atoms with Crippen LogP contribution in [0.3, 0.4) is 0 Å². The van der Waals surface area contributed by atoms with Crippen molar-refractivity contribution in [2.45, 2.75) is 58.5 Å². The normalized spacial score (nSPS) is 11.4. The van der Waals surface area contributed by atoms with Crippen molar-refractivity contribution in [3.63, 3.8) is 0 Å². The number of hydrogen-bond donors (Lipinski definition) is 1. The van der Waals surface area contributed by atoms with E-state index < -0.39 is 10.0 Å². The van der Waals surface area contributed by atoms with Crippen LogP contribution in [0.2, 0.25) is 0 Å². The van der Waals surface area contributed by atoms with Crippen LogP contribution >= 0.6 is 0 Å². The maximum absolute atomic E-state index is 13.6. The SMILES string of the molecule is Cc1ccc(S(=O)(=O)N(CC(=O)NCCCc2ccc(OC(C)C)cc2)c2cc(C)ccc2C)cc1. The van der Waals surface area contributed by atoms with E-state index in [1.165, 1.54) is 4.31 Å². The molecule has 3 rings (SSSR count). The fourth-order valence-corrected chi connectivity index (χ4v) is 5.32. The number of benzene rings is 3. The number of carbonyl (C=O) groups excluding carboxylic acids is 1. The van der Waals surface area contributed by atoms with Crippen LogP contribution in [-0.4, -0.2) is 33.5 Å². The molecular weight excluding hydrogens is 472 g/mol. The van der Waals surface area contributed by atoms with Crippen molar-refractivity contribution in [2.75, 3.05) is 17.4 Å². The topological polar surface area (TPSA) is 75.7 Å². The molecule has 0 spiro atoms. The minimum Gasteiger partial charge on any atom is -0.491 e. The molecule has 0 unspecified atom stereocenters. The Bertz CT molecular complexity index is 1270. The largest absolute Gasteiger partial charge is 0.491 e. The number of rotatable bonds is 11. The molecule has 0 saturated heterocycles. The van der Waals surface area contributed by atoms with Crippen LogP contribution in [0.5, 0.6) is 5.75 Å². The van der Waals surface area contributed by atoms with E-state index in [1.54, 1.807) is 30.3 Å². The van der Waals surface area contributed by atoms with Gasteiger partial charge in [0.25, 0.3) is 10.0 Å². The van der Waals surface area contributed by atoms with Gasteiger partial charge in [0.1, 0.15) is 12.3 Å². The number of aryl methyl sites for hydroxylation is 4. The second-order valence-electron chi connectivity index (χ2n) is 9.38. The van der Waals surface area contributed by atoms with Gasteiger partial charge >= 0.3 is 0 Å². The van der Waals surface area contributed by atoms with E-state index in [9.17, 15) is 13.2 Å². The quantitative estimate of drug-likeness (QED) is 0.355. The van der Waals surface area contributed by atoms with Gasteiger partial charge in [0.2, 0.25) is 5.91 Å². The molecular formula is C29H36N2O4S. The highest BCUT2D eigenvalue weighted by Crippen LogP contribution is 2.28. The van der Waals surface area contributed by atoms with Crippen LogP contribution in [0.1, 0.15) is 42.5 Å². The first-order valence-corrected chi connectivity index (χ1v) is 13.7. The molecule has 0 fully saturated rings. The van der Waals surface area contributed by atoms with Crippen LogP contribution in [0, 0.1) is 20.8 Å². The van der Waals surface area contributed by atoms with Crippen LogP contribution in [0.4, 0.5) is 5.69 Å². The molecule has 7 heteroatoms. The van der Waals surface area contributed by atoms with Gasteiger partial charge in [0, 0.05) is 6.54 Å². The van der Waals surface area contributed by atoms with Gasteiger partial charge < -0.3 is 10.1 Å². The van der Waals surface area contributed by atoms with Crippen molar-refractivity contribution in [1.82, 2.24) is 5.32 Å². The van der Waals surface area contributed by atoms with Gasteiger partial charge in [-0.1, -0.05) is 42.0 Å². The van der Waals surface area contributed by atoms with Gasteiger partial charge in [-0.15, -0.1) is 0 Å². The second-order valence-corrected chi connectivity index (χ2v) is 11.2. The Hall–Kier alpha value is -3.32. The Kier molecular flexibility index (Phi) is 9.15. The smallest absolute Gasteiger partial charge is 0.264 e. The summed E-state index contributed by atoms with van der Waals surface area (Å²) in [5.41, 5.74) is 4.33. The fraction of sp³-hybridized carbons (Fsp3) is 0.345. The van der Waals surface area contributed by atoms with Crippen molar-refractivity contribution in [3.8, 4) is 5.75 Å². The van der Waals surface area contributed by atoms with E-state index in [-0.39, 0.29) is 23.5 Å². The number of nitrogens with one attached hydrogen (secondary N) is 1. The molecule has 3 aromatic carbocycles. The zero-order valence-electron chi connectivity index (χ0n) is 21.7. The van der Waals surface area contributed by atoms with Crippen molar-refractivity contribution in [1.29, 1.82) is 0 Å². The minimum atomic E-state index is -3.93. The average molecular weight is 509 g/mol. The van der Waals surface area contributed by atoms with Gasteiger partial charge in [-0.3, -0.25) is 9.10 Å². The number of carbonyl (C=O) groups is 1. The zero-order chi connectivity index (χ0) is 26.3. The van der Waals surface area contributed by atoms with Crippen LogP contribution in [0.15, 0.2) is 71.6 Å². The molecule has 0 atom stereocenters. The highest BCUT2D eigenvalue weighted by Gasteiger charge is 2.28. The summed E-state index contributed by atoms with van der Waals surface area (Å²) in [6, 6.07) is 20.2. The first kappa shape index (κ1) is 27.3. The Balaban J connectivity index is 1.67. The molecule has 0 aliphatic rings. The Morgan fingerprint density at radius 1 is 0.917 bits per heavy atom. The standard InChI is InChI=1S/C29H36N2O4S/c1-21(2)35-26-14-12-25(13-15-26)7-6-18-30-29(32)20-31(28-19-23(4)8-11-24(28)5)36(33,34)27-16-9-22(3)10-17-27/h8-17,19,21H,6-7,18,20H2,1-5H3,(H,30,32). The second kappa shape index (κ2) is 12.1. The van der Waals surface area contributed by atoms with Crippen molar-refractivity contribution in [3.05, 3.63) is 89.0 Å². The molecule has 6 nitrogen and oxygen atoms in total. The molecule has 1 amide bonds. The summed E-state index contributed by atoms with van der Waals surface area (Å²) in [4.78, 5) is 13.0. The summed E-state index contributed by atoms with van der Waals surface area (Å²) < 4.78 is 34.1. The molecule has 0 radical (unpaired) electrons. The number of anilines is 1. The predicted molar refractivity (Wildman–Crippen MR) is 145 cm³/mol. The van der Waals surface area contributed by atoms with Gasteiger partial charge in [0.15, 0.2) is 0 Å². The molecule has 3 aromatic rings. The van der Waals surface area contributed by atoms with Crippen LogP contribution in [-0.2, 0) is 21.2 Å². The Labute approximate surface area is 215 Å². The molecule has 36 heavy (non-hydrogen) atoms. The summed E-state index contributed by atoms with van der Waals surface area (Å²) in [5, 5.41) is 2.89. The minimum absolute atomic E-state index is 0.129.